The Bertz CT molecular complexity index is 438. The smallest absolute Gasteiger partial charge is 0.141 e. The average molecular weight is 230 g/mol. The van der Waals surface area contributed by atoms with Gasteiger partial charge in [-0.1, -0.05) is 6.42 Å². The second kappa shape index (κ2) is 4.55. The molecule has 0 spiro atoms. The minimum Gasteiger partial charge on any atom is -0.299 e. The number of hydrogen-bond acceptors (Lipinski definition) is 3. The van der Waals surface area contributed by atoms with Crippen LogP contribution in [0.25, 0.3) is 0 Å². The zero-order valence-electron chi connectivity index (χ0n) is 10.1. The third-order valence-corrected chi connectivity index (χ3v) is 3.84. The molecule has 0 bridgehead atoms. The monoisotopic (exact) mass is 230 g/mol. The second-order valence-corrected chi connectivity index (χ2v) is 5.22. The quantitative estimate of drug-likeness (QED) is 0.748. The van der Waals surface area contributed by atoms with Crippen molar-refractivity contribution in [2.75, 3.05) is 0 Å². The summed E-state index contributed by atoms with van der Waals surface area (Å²) in [6, 6.07) is 0. The standard InChI is InChI=1S/C14H18N2O/c17-14(10-6-7-10)8-13-11-4-2-1-3-5-12(11)15-9-16-13/h9-10H,1-8H2. The van der Waals surface area contributed by atoms with E-state index in [2.05, 4.69) is 9.97 Å². The Morgan fingerprint density at radius 3 is 2.82 bits per heavy atom. The Morgan fingerprint density at radius 1 is 1.18 bits per heavy atom. The highest BCUT2D eigenvalue weighted by Gasteiger charge is 2.30. The molecule has 0 aromatic carbocycles. The van der Waals surface area contributed by atoms with E-state index in [1.54, 1.807) is 6.33 Å². The predicted octanol–water partition coefficient (Wildman–Crippen LogP) is 2.27. The highest BCUT2D eigenvalue weighted by atomic mass is 16.1. The molecule has 0 saturated heterocycles. The molecule has 3 nitrogen and oxygen atoms in total. The van der Waals surface area contributed by atoms with E-state index >= 15 is 0 Å². The molecule has 0 amide bonds. The first-order valence-electron chi connectivity index (χ1n) is 6.69. The number of carbonyl (C=O) groups is 1. The van der Waals surface area contributed by atoms with E-state index in [4.69, 9.17) is 0 Å². The zero-order valence-corrected chi connectivity index (χ0v) is 10.1. The van der Waals surface area contributed by atoms with Gasteiger partial charge in [0.25, 0.3) is 0 Å². The Hall–Kier alpha value is -1.25. The fourth-order valence-corrected chi connectivity index (χ4v) is 2.63. The third-order valence-electron chi connectivity index (χ3n) is 3.84. The van der Waals surface area contributed by atoms with Crippen LogP contribution in [0.4, 0.5) is 0 Å². The molecule has 3 heteroatoms. The molecule has 1 aromatic rings. The van der Waals surface area contributed by atoms with Gasteiger partial charge in [0.05, 0.1) is 5.69 Å². The topological polar surface area (TPSA) is 42.9 Å². The molecule has 90 valence electrons. The average Bonchev–Trinajstić information content (AvgIpc) is 3.16. The highest BCUT2D eigenvalue weighted by Crippen LogP contribution is 2.31. The van der Waals surface area contributed by atoms with E-state index in [0.29, 0.717) is 18.1 Å². The van der Waals surface area contributed by atoms with Gasteiger partial charge < -0.3 is 0 Å². The summed E-state index contributed by atoms with van der Waals surface area (Å²) in [4.78, 5) is 20.6. The first-order chi connectivity index (χ1) is 8.34. The van der Waals surface area contributed by atoms with Gasteiger partial charge in [-0.05, 0) is 44.1 Å². The molecule has 1 fully saturated rings. The summed E-state index contributed by atoms with van der Waals surface area (Å²) >= 11 is 0. The van der Waals surface area contributed by atoms with Gasteiger partial charge in [0.2, 0.25) is 0 Å². The van der Waals surface area contributed by atoms with E-state index in [9.17, 15) is 4.79 Å². The molecule has 17 heavy (non-hydrogen) atoms. The maximum Gasteiger partial charge on any atom is 0.141 e. The molecule has 2 aliphatic carbocycles. The van der Waals surface area contributed by atoms with Crippen molar-refractivity contribution in [1.29, 1.82) is 0 Å². The van der Waals surface area contributed by atoms with Gasteiger partial charge in [-0.3, -0.25) is 4.79 Å². The summed E-state index contributed by atoms with van der Waals surface area (Å²) in [7, 11) is 0. The van der Waals surface area contributed by atoms with Crippen molar-refractivity contribution in [2.24, 2.45) is 5.92 Å². The van der Waals surface area contributed by atoms with Crippen LogP contribution in [0.15, 0.2) is 6.33 Å². The summed E-state index contributed by atoms with van der Waals surface area (Å²) in [6.45, 7) is 0. The first kappa shape index (κ1) is 10.9. The fraction of sp³-hybridized carbons (Fsp3) is 0.643. The summed E-state index contributed by atoms with van der Waals surface area (Å²) in [6.07, 6.45) is 10.2. The van der Waals surface area contributed by atoms with Crippen LogP contribution in [0.3, 0.4) is 0 Å². The van der Waals surface area contributed by atoms with Gasteiger partial charge in [0, 0.05) is 18.0 Å². The maximum atomic E-state index is 11.9. The number of nitrogens with zero attached hydrogens (tertiary/aromatic N) is 2. The Labute approximate surface area is 102 Å². The molecule has 1 aromatic heterocycles. The lowest BCUT2D eigenvalue weighted by Crippen LogP contribution is -2.11. The number of ketones is 1. The largest absolute Gasteiger partial charge is 0.299 e. The summed E-state index contributed by atoms with van der Waals surface area (Å²) < 4.78 is 0. The molecular formula is C14H18N2O. The van der Waals surface area contributed by atoms with Crippen molar-refractivity contribution in [3.05, 3.63) is 23.3 Å². The van der Waals surface area contributed by atoms with E-state index in [1.807, 2.05) is 0 Å². The van der Waals surface area contributed by atoms with Crippen molar-refractivity contribution in [3.63, 3.8) is 0 Å². The lowest BCUT2D eigenvalue weighted by Gasteiger charge is -2.09. The van der Waals surface area contributed by atoms with Gasteiger partial charge in [0.15, 0.2) is 0 Å². The van der Waals surface area contributed by atoms with E-state index < -0.39 is 0 Å². The van der Waals surface area contributed by atoms with Crippen molar-refractivity contribution in [2.45, 2.75) is 51.4 Å². The van der Waals surface area contributed by atoms with Gasteiger partial charge in [-0.25, -0.2) is 9.97 Å². The predicted molar refractivity (Wildman–Crippen MR) is 64.7 cm³/mol. The number of fused-ring (bicyclic) bond motifs is 1. The molecule has 0 atom stereocenters. The molecule has 0 radical (unpaired) electrons. The Kier molecular flexibility index (Phi) is 2.91. The van der Waals surface area contributed by atoms with Crippen LogP contribution < -0.4 is 0 Å². The van der Waals surface area contributed by atoms with Gasteiger partial charge in [-0.2, -0.15) is 0 Å². The summed E-state index contributed by atoms with van der Waals surface area (Å²) in [5.74, 6) is 0.724. The first-order valence-corrected chi connectivity index (χ1v) is 6.69. The van der Waals surface area contributed by atoms with Gasteiger partial charge in [0.1, 0.15) is 12.1 Å². The minimum absolute atomic E-state index is 0.339. The Morgan fingerprint density at radius 2 is 2.00 bits per heavy atom. The van der Waals surface area contributed by atoms with E-state index in [1.165, 1.54) is 30.5 Å². The number of aromatic nitrogens is 2. The van der Waals surface area contributed by atoms with Gasteiger partial charge >= 0.3 is 0 Å². The van der Waals surface area contributed by atoms with Crippen LogP contribution in [-0.4, -0.2) is 15.8 Å². The van der Waals surface area contributed by atoms with Crippen molar-refractivity contribution in [1.82, 2.24) is 9.97 Å². The van der Waals surface area contributed by atoms with E-state index in [0.717, 1.165) is 31.4 Å². The molecule has 0 N–H and O–H groups in total. The van der Waals surface area contributed by atoms with Crippen molar-refractivity contribution in [3.8, 4) is 0 Å². The fourth-order valence-electron chi connectivity index (χ4n) is 2.63. The van der Waals surface area contributed by atoms with E-state index in [-0.39, 0.29) is 0 Å². The minimum atomic E-state index is 0.339. The normalized spacial score (nSPS) is 19.5. The zero-order chi connectivity index (χ0) is 11.7. The molecule has 1 heterocycles. The summed E-state index contributed by atoms with van der Waals surface area (Å²) in [5.41, 5.74) is 3.48. The second-order valence-electron chi connectivity index (χ2n) is 5.22. The molecule has 3 rings (SSSR count). The number of Topliss-reactive ketones (excluding diaryl/α,β-unsaturated/α-hetero) is 1. The molecule has 2 aliphatic rings. The SMILES string of the molecule is O=C(Cc1ncnc2c1CCCCC2)C1CC1. The number of rotatable bonds is 3. The molecule has 1 saturated carbocycles. The van der Waals surface area contributed by atoms with Crippen molar-refractivity contribution < 1.29 is 4.79 Å². The van der Waals surface area contributed by atoms with Crippen LogP contribution in [0.5, 0.6) is 0 Å². The number of carbonyl (C=O) groups excluding carboxylic acids is 1. The lowest BCUT2D eigenvalue weighted by atomic mass is 10.0. The van der Waals surface area contributed by atoms with Crippen LogP contribution in [0.2, 0.25) is 0 Å². The summed E-state index contributed by atoms with van der Waals surface area (Å²) in [5, 5.41) is 0. The molecule has 0 unspecified atom stereocenters. The number of hydrogen-bond donors (Lipinski definition) is 0. The lowest BCUT2D eigenvalue weighted by molar-refractivity contribution is -0.119. The Balaban J connectivity index is 1.85. The van der Waals surface area contributed by atoms with Gasteiger partial charge in [-0.15, -0.1) is 0 Å². The highest BCUT2D eigenvalue weighted by molar-refractivity contribution is 5.85. The van der Waals surface area contributed by atoms with Crippen LogP contribution in [0.1, 0.15) is 49.1 Å². The molecule has 0 aliphatic heterocycles. The van der Waals surface area contributed by atoms with Crippen molar-refractivity contribution >= 4 is 5.78 Å². The van der Waals surface area contributed by atoms with Crippen LogP contribution in [-0.2, 0) is 24.1 Å². The molecular weight excluding hydrogens is 212 g/mol. The third kappa shape index (κ3) is 2.38. The van der Waals surface area contributed by atoms with Crippen LogP contribution in [0, 0.1) is 5.92 Å². The maximum absolute atomic E-state index is 11.9. The van der Waals surface area contributed by atoms with Crippen LogP contribution >= 0.6 is 0 Å². The number of aryl methyl sites for hydroxylation is 1.